The van der Waals surface area contributed by atoms with Crippen LogP contribution in [0, 0.1) is 5.92 Å². The summed E-state index contributed by atoms with van der Waals surface area (Å²) in [7, 11) is 0. The highest BCUT2D eigenvalue weighted by atomic mass is 32.1. The van der Waals surface area contributed by atoms with Gasteiger partial charge in [0.15, 0.2) is 0 Å². The van der Waals surface area contributed by atoms with Crippen molar-refractivity contribution in [3.8, 4) is 0 Å². The molecule has 0 aliphatic rings. The molecule has 4 heteroatoms. The molecule has 3 nitrogen and oxygen atoms in total. The highest BCUT2D eigenvalue weighted by molar-refractivity contribution is 7.80. The van der Waals surface area contributed by atoms with E-state index in [2.05, 4.69) is 12.6 Å². The van der Waals surface area contributed by atoms with E-state index < -0.39 is 5.97 Å². The van der Waals surface area contributed by atoms with Crippen LogP contribution in [0.25, 0.3) is 0 Å². The molecule has 0 aromatic carbocycles. The zero-order chi connectivity index (χ0) is 10.1. The van der Waals surface area contributed by atoms with E-state index in [9.17, 15) is 4.79 Å². The fraction of sp³-hybridized carbons (Fsp3) is 0.889. The summed E-state index contributed by atoms with van der Waals surface area (Å²) < 4.78 is 5.14. The Morgan fingerprint density at radius 2 is 2.23 bits per heavy atom. The van der Waals surface area contributed by atoms with Gasteiger partial charge in [-0.15, -0.1) is 0 Å². The van der Waals surface area contributed by atoms with Crippen molar-refractivity contribution in [2.24, 2.45) is 5.92 Å². The molecule has 0 spiro atoms. The lowest BCUT2D eigenvalue weighted by Crippen LogP contribution is -2.15. The molecule has 0 heterocycles. The minimum absolute atomic E-state index is 0.301. The van der Waals surface area contributed by atoms with Crippen LogP contribution < -0.4 is 0 Å². The summed E-state index contributed by atoms with van der Waals surface area (Å²) >= 11 is 3.99. The standard InChI is InChI=1S/C9H18O3S/c1-2-12-6-4-3-5-8(7-13)9(10)11/h8,13H,2-7H2,1H3,(H,10,11). The molecule has 0 aliphatic carbocycles. The van der Waals surface area contributed by atoms with Crippen molar-refractivity contribution in [1.82, 2.24) is 0 Å². The monoisotopic (exact) mass is 206 g/mol. The molecular formula is C9H18O3S. The molecule has 1 unspecified atom stereocenters. The Labute approximate surface area is 84.9 Å². The number of hydrogen-bond donors (Lipinski definition) is 2. The second-order valence-electron chi connectivity index (χ2n) is 2.91. The second-order valence-corrected chi connectivity index (χ2v) is 3.28. The van der Waals surface area contributed by atoms with Crippen LogP contribution in [0.2, 0.25) is 0 Å². The zero-order valence-corrected chi connectivity index (χ0v) is 8.93. The molecule has 0 aromatic heterocycles. The summed E-state index contributed by atoms with van der Waals surface area (Å²) in [5.41, 5.74) is 0. The van der Waals surface area contributed by atoms with Crippen molar-refractivity contribution in [3.05, 3.63) is 0 Å². The van der Waals surface area contributed by atoms with Gasteiger partial charge in [0.1, 0.15) is 0 Å². The summed E-state index contributed by atoms with van der Waals surface area (Å²) in [6.45, 7) is 3.41. The quantitative estimate of drug-likeness (QED) is 0.470. The molecule has 0 amide bonds. The highest BCUT2D eigenvalue weighted by Crippen LogP contribution is 2.10. The lowest BCUT2D eigenvalue weighted by molar-refractivity contribution is -0.141. The minimum atomic E-state index is -0.744. The summed E-state index contributed by atoms with van der Waals surface area (Å²) in [6, 6.07) is 0. The first-order chi connectivity index (χ1) is 6.22. The van der Waals surface area contributed by atoms with Crippen LogP contribution in [0.5, 0.6) is 0 Å². The number of unbranched alkanes of at least 4 members (excludes halogenated alkanes) is 1. The van der Waals surface area contributed by atoms with Gasteiger partial charge < -0.3 is 9.84 Å². The molecule has 0 saturated heterocycles. The average Bonchev–Trinajstić information content (AvgIpc) is 2.10. The third-order valence-electron chi connectivity index (χ3n) is 1.87. The van der Waals surface area contributed by atoms with E-state index in [4.69, 9.17) is 9.84 Å². The van der Waals surface area contributed by atoms with Gasteiger partial charge in [0, 0.05) is 19.0 Å². The van der Waals surface area contributed by atoms with Crippen LogP contribution in [-0.2, 0) is 9.53 Å². The van der Waals surface area contributed by atoms with E-state index in [0.717, 1.165) is 26.1 Å². The Balaban J connectivity index is 3.33. The Morgan fingerprint density at radius 3 is 2.69 bits per heavy atom. The number of hydrogen-bond acceptors (Lipinski definition) is 3. The van der Waals surface area contributed by atoms with Crippen molar-refractivity contribution in [2.75, 3.05) is 19.0 Å². The number of rotatable bonds is 8. The molecule has 13 heavy (non-hydrogen) atoms. The van der Waals surface area contributed by atoms with E-state index in [-0.39, 0.29) is 5.92 Å². The maximum Gasteiger partial charge on any atom is 0.307 e. The maximum absolute atomic E-state index is 10.6. The number of carboxylic acid groups (broad SMARTS) is 1. The molecule has 0 radical (unpaired) electrons. The number of ether oxygens (including phenoxy) is 1. The van der Waals surface area contributed by atoms with Crippen LogP contribution in [-0.4, -0.2) is 30.0 Å². The SMILES string of the molecule is CCOCCCCC(CS)C(=O)O. The van der Waals surface area contributed by atoms with Gasteiger partial charge in [0.2, 0.25) is 0 Å². The average molecular weight is 206 g/mol. The van der Waals surface area contributed by atoms with Crippen molar-refractivity contribution >= 4 is 18.6 Å². The third-order valence-corrected chi connectivity index (χ3v) is 2.31. The minimum Gasteiger partial charge on any atom is -0.481 e. The van der Waals surface area contributed by atoms with Crippen molar-refractivity contribution in [1.29, 1.82) is 0 Å². The Bertz CT molecular complexity index is 139. The number of thiol groups is 1. The van der Waals surface area contributed by atoms with Gasteiger partial charge in [-0.1, -0.05) is 6.42 Å². The van der Waals surface area contributed by atoms with Crippen molar-refractivity contribution in [2.45, 2.75) is 26.2 Å². The molecule has 0 saturated carbocycles. The van der Waals surface area contributed by atoms with Crippen molar-refractivity contribution < 1.29 is 14.6 Å². The molecular weight excluding hydrogens is 188 g/mol. The zero-order valence-electron chi connectivity index (χ0n) is 8.03. The topological polar surface area (TPSA) is 46.5 Å². The Hall–Kier alpha value is -0.220. The normalized spacial score (nSPS) is 12.8. The molecule has 0 aromatic rings. The van der Waals surface area contributed by atoms with Gasteiger partial charge in [-0.3, -0.25) is 4.79 Å². The van der Waals surface area contributed by atoms with Crippen LogP contribution in [0.15, 0.2) is 0 Å². The highest BCUT2D eigenvalue weighted by Gasteiger charge is 2.14. The molecule has 0 fully saturated rings. The fourth-order valence-electron chi connectivity index (χ4n) is 1.03. The van der Waals surface area contributed by atoms with E-state index in [1.807, 2.05) is 6.92 Å². The molecule has 0 aliphatic heterocycles. The number of aliphatic carboxylic acids is 1. The first-order valence-electron chi connectivity index (χ1n) is 4.63. The molecule has 1 N–H and O–H groups in total. The predicted octanol–water partition coefficient (Wildman–Crippen LogP) is 1.82. The van der Waals surface area contributed by atoms with Crippen LogP contribution >= 0.6 is 12.6 Å². The van der Waals surface area contributed by atoms with Crippen LogP contribution in [0.4, 0.5) is 0 Å². The number of carboxylic acids is 1. The maximum atomic E-state index is 10.6. The van der Waals surface area contributed by atoms with Gasteiger partial charge in [-0.05, 0) is 19.8 Å². The van der Waals surface area contributed by atoms with Gasteiger partial charge in [0.25, 0.3) is 0 Å². The molecule has 0 rings (SSSR count). The van der Waals surface area contributed by atoms with Gasteiger partial charge in [-0.25, -0.2) is 0 Å². The van der Waals surface area contributed by atoms with Crippen molar-refractivity contribution in [3.63, 3.8) is 0 Å². The Kier molecular flexibility index (Phi) is 8.24. The van der Waals surface area contributed by atoms with Crippen LogP contribution in [0.1, 0.15) is 26.2 Å². The largest absolute Gasteiger partial charge is 0.481 e. The molecule has 1 atom stereocenters. The summed E-state index contributed by atoms with van der Waals surface area (Å²) in [5.74, 6) is -0.624. The lowest BCUT2D eigenvalue weighted by atomic mass is 10.0. The lowest BCUT2D eigenvalue weighted by Gasteiger charge is -2.08. The van der Waals surface area contributed by atoms with Gasteiger partial charge >= 0.3 is 5.97 Å². The second kappa shape index (κ2) is 8.38. The summed E-state index contributed by atoms with van der Waals surface area (Å²) in [4.78, 5) is 10.6. The summed E-state index contributed by atoms with van der Waals surface area (Å²) in [5, 5.41) is 8.70. The van der Waals surface area contributed by atoms with E-state index in [0.29, 0.717) is 12.2 Å². The molecule has 78 valence electrons. The summed E-state index contributed by atoms with van der Waals surface area (Å²) in [6.07, 6.45) is 2.54. The van der Waals surface area contributed by atoms with Crippen LogP contribution in [0.3, 0.4) is 0 Å². The van der Waals surface area contributed by atoms with E-state index >= 15 is 0 Å². The smallest absolute Gasteiger partial charge is 0.307 e. The molecule has 0 bridgehead atoms. The fourth-order valence-corrected chi connectivity index (χ4v) is 1.37. The van der Waals surface area contributed by atoms with Gasteiger partial charge in [0.05, 0.1) is 5.92 Å². The first-order valence-corrected chi connectivity index (χ1v) is 5.27. The third kappa shape index (κ3) is 6.90. The number of carbonyl (C=O) groups is 1. The van der Waals surface area contributed by atoms with E-state index in [1.165, 1.54) is 0 Å². The van der Waals surface area contributed by atoms with E-state index in [1.54, 1.807) is 0 Å². The van der Waals surface area contributed by atoms with Gasteiger partial charge in [-0.2, -0.15) is 12.6 Å². The Morgan fingerprint density at radius 1 is 1.54 bits per heavy atom. The predicted molar refractivity (Wildman–Crippen MR) is 55.3 cm³/mol. The first kappa shape index (κ1) is 12.8.